The number of ether oxygens (including phenoxy) is 1. The van der Waals surface area contributed by atoms with Crippen LogP contribution in [0.25, 0.3) is 17.0 Å². The van der Waals surface area contributed by atoms with Gasteiger partial charge in [0.1, 0.15) is 5.52 Å². The second-order valence-corrected chi connectivity index (χ2v) is 6.60. The van der Waals surface area contributed by atoms with Crippen LogP contribution in [0.15, 0.2) is 41.6 Å². The first-order chi connectivity index (χ1) is 15.0. The number of hydrogen-bond acceptors (Lipinski definition) is 6. The third kappa shape index (κ3) is 3.89. The van der Waals surface area contributed by atoms with Gasteiger partial charge >= 0.3 is 12.3 Å². The Morgan fingerprint density at radius 3 is 2.62 bits per heavy atom. The van der Waals surface area contributed by atoms with Crippen molar-refractivity contribution in [3.63, 3.8) is 0 Å². The standard InChI is InChI=1S/C18H12F4N6O4/c1-8(9-2-3-13(11(19)4-9)32-18(20,21)22)28-14-12(6-24-28)25-17(26-15(14)29)27-7-10(5-23-27)16(30)31/h2-8H,1H3,(H,30,31)(H,25,26,29)/t8-/m0/s1. The van der Waals surface area contributed by atoms with Crippen molar-refractivity contribution in [3.05, 3.63) is 64.1 Å². The van der Waals surface area contributed by atoms with Gasteiger partial charge in [0.05, 0.1) is 24.0 Å². The number of aromatic carboxylic acids is 1. The number of aromatic nitrogens is 6. The third-order valence-electron chi connectivity index (χ3n) is 4.52. The highest BCUT2D eigenvalue weighted by molar-refractivity contribution is 5.87. The molecular weight excluding hydrogens is 440 g/mol. The van der Waals surface area contributed by atoms with Gasteiger partial charge in [0.2, 0.25) is 5.95 Å². The van der Waals surface area contributed by atoms with Crippen molar-refractivity contribution in [2.45, 2.75) is 19.3 Å². The summed E-state index contributed by atoms with van der Waals surface area (Å²) in [5.74, 6) is -3.48. The molecule has 2 N–H and O–H groups in total. The topological polar surface area (TPSA) is 128 Å². The normalized spacial score (nSPS) is 12.8. The van der Waals surface area contributed by atoms with Gasteiger partial charge in [-0.05, 0) is 24.6 Å². The van der Waals surface area contributed by atoms with Crippen molar-refractivity contribution in [1.82, 2.24) is 29.5 Å². The Morgan fingerprint density at radius 2 is 2.00 bits per heavy atom. The van der Waals surface area contributed by atoms with Crippen molar-refractivity contribution < 1.29 is 32.2 Å². The van der Waals surface area contributed by atoms with E-state index >= 15 is 0 Å². The first-order valence-corrected chi connectivity index (χ1v) is 8.84. The Balaban J connectivity index is 1.70. The van der Waals surface area contributed by atoms with Gasteiger partial charge in [-0.1, -0.05) is 6.07 Å². The van der Waals surface area contributed by atoms with Crippen molar-refractivity contribution in [3.8, 4) is 11.7 Å². The zero-order valence-corrected chi connectivity index (χ0v) is 16.0. The second-order valence-electron chi connectivity index (χ2n) is 6.60. The fraction of sp³-hybridized carbons (Fsp3) is 0.167. The number of rotatable bonds is 5. The highest BCUT2D eigenvalue weighted by Crippen LogP contribution is 2.29. The van der Waals surface area contributed by atoms with Gasteiger partial charge in [0.25, 0.3) is 5.56 Å². The number of carboxylic acid groups (broad SMARTS) is 1. The summed E-state index contributed by atoms with van der Waals surface area (Å²) in [7, 11) is 0. The summed E-state index contributed by atoms with van der Waals surface area (Å²) in [6, 6.07) is 2.15. The molecule has 0 radical (unpaired) electrons. The van der Waals surface area contributed by atoms with Crippen LogP contribution in [-0.4, -0.2) is 47.0 Å². The second kappa shape index (κ2) is 7.47. The minimum atomic E-state index is -5.04. The van der Waals surface area contributed by atoms with E-state index in [1.807, 2.05) is 0 Å². The lowest BCUT2D eigenvalue weighted by atomic mass is 10.1. The van der Waals surface area contributed by atoms with Crippen LogP contribution >= 0.6 is 0 Å². The summed E-state index contributed by atoms with van der Waals surface area (Å²) < 4.78 is 57.0. The predicted molar refractivity (Wildman–Crippen MR) is 99.1 cm³/mol. The minimum absolute atomic E-state index is 0.0166. The summed E-state index contributed by atoms with van der Waals surface area (Å²) in [5.41, 5.74) is -0.372. The zero-order valence-electron chi connectivity index (χ0n) is 16.0. The number of alkyl halides is 3. The monoisotopic (exact) mass is 452 g/mol. The Bertz CT molecular complexity index is 1390. The number of nitrogens with one attached hydrogen (secondary N) is 1. The van der Waals surface area contributed by atoms with Gasteiger partial charge in [0, 0.05) is 6.20 Å². The lowest BCUT2D eigenvalue weighted by Gasteiger charge is -2.15. The van der Waals surface area contributed by atoms with E-state index in [4.69, 9.17) is 5.11 Å². The van der Waals surface area contributed by atoms with E-state index in [-0.39, 0.29) is 28.1 Å². The predicted octanol–water partition coefficient (Wildman–Crippen LogP) is 2.65. The molecule has 0 fully saturated rings. The van der Waals surface area contributed by atoms with Crippen LogP contribution in [0, 0.1) is 5.82 Å². The molecule has 3 heterocycles. The maximum atomic E-state index is 14.1. The van der Waals surface area contributed by atoms with E-state index in [0.717, 1.165) is 29.2 Å². The van der Waals surface area contributed by atoms with E-state index in [2.05, 4.69) is 24.9 Å². The summed E-state index contributed by atoms with van der Waals surface area (Å²) in [4.78, 5) is 30.3. The smallest absolute Gasteiger partial charge is 0.478 e. The fourth-order valence-corrected chi connectivity index (χ4v) is 3.03. The molecule has 0 aliphatic carbocycles. The average Bonchev–Trinajstić information content (AvgIpc) is 3.35. The molecule has 0 saturated heterocycles. The number of nitrogens with zero attached hydrogens (tertiary/aromatic N) is 5. The molecule has 14 heteroatoms. The van der Waals surface area contributed by atoms with E-state index < -0.39 is 35.5 Å². The third-order valence-corrected chi connectivity index (χ3v) is 4.52. The lowest BCUT2D eigenvalue weighted by Crippen LogP contribution is -2.19. The van der Waals surface area contributed by atoms with Crippen LogP contribution < -0.4 is 10.3 Å². The molecule has 0 amide bonds. The maximum absolute atomic E-state index is 14.1. The van der Waals surface area contributed by atoms with Gasteiger partial charge in [-0.2, -0.15) is 10.2 Å². The summed E-state index contributed by atoms with van der Waals surface area (Å²) in [6.45, 7) is 1.56. The summed E-state index contributed by atoms with van der Waals surface area (Å²) >= 11 is 0. The van der Waals surface area contributed by atoms with Crippen molar-refractivity contribution in [1.29, 1.82) is 0 Å². The molecule has 4 rings (SSSR count). The number of fused-ring (bicyclic) bond motifs is 1. The first-order valence-electron chi connectivity index (χ1n) is 8.84. The highest BCUT2D eigenvalue weighted by Gasteiger charge is 2.32. The molecule has 3 aromatic heterocycles. The van der Waals surface area contributed by atoms with Crippen LogP contribution in [0.4, 0.5) is 17.6 Å². The van der Waals surface area contributed by atoms with E-state index in [1.165, 1.54) is 16.9 Å². The quantitative estimate of drug-likeness (QED) is 0.446. The van der Waals surface area contributed by atoms with Gasteiger partial charge in [0.15, 0.2) is 17.1 Å². The largest absolute Gasteiger partial charge is 0.573 e. The molecule has 4 aromatic rings. The minimum Gasteiger partial charge on any atom is -0.478 e. The number of hydrogen-bond donors (Lipinski definition) is 2. The van der Waals surface area contributed by atoms with Crippen LogP contribution in [-0.2, 0) is 0 Å². The molecule has 0 saturated carbocycles. The number of benzene rings is 1. The molecule has 0 unspecified atom stereocenters. The number of carbonyl (C=O) groups is 1. The van der Waals surface area contributed by atoms with Gasteiger partial charge in [-0.3, -0.25) is 14.5 Å². The Labute approximate surface area is 174 Å². The fourth-order valence-electron chi connectivity index (χ4n) is 3.03. The SMILES string of the molecule is C[C@@H](c1ccc(OC(F)(F)F)c(F)c1)n1ncc2nc(-n3cc(C(=O)O)cn3)[nH]c(=O)c21. The van der Waals surface area contributed by atoms with Crippen molar-refractivity contribution in [2.24, 2.45) is 0 Å². The Kier molecular flexibility index (Phi) is 4.91. The molecule has 32 heavy (non-hydrogen) atoms. The summed E-state index contributed by atoms with van der Waals surface area (Å²) in [6.07, 6.45) is -1.53. The zero-order chi connectivity index (χ0) is 23.2. The van der Waals surface area contributed by atoms with E-state index in [0.29, 0.717) is 0 Å². The van der Waals surface area contributed by atoms with Crippen LogP contribution in [0.5, 0.6) is 5.75 Å². The number of aromatic amines is 1. The van der Waals surface area contributed by atoms with Gasteiger partial charge in [-0.25, -0.2) is 18.9 Å². The Morgan fingerprint density at radius 1 is 1.25 bits per heavy atom. The first kappa shape index (κ1) is 21.0. The average molecular weight is 452 g/mol. The molecular formula is C18H12F4N6O4. The molecule has 10 nitrogen and oxygen atoms in total. The van der Waals surface area contributed by atoms with E-state index in [9.17, 15) is 27.2 Å². The Hall–Kier alpha value is -4.23. The molecule has 0 aliphatic rings. The van der Waals surface area contributed by atoms with Gasteiger partial charge < -0.3 is 9.84 Å². The maximum Gasteiger partial charge on any atom is 0.573 e. The van der Waals surface area contributed by atoms with Crippen LogP contribution in [0.3, 0.4) is 0 Å². The lowest BCUT2D eigenvalue weighted by molar-refractivity contribution is -0.275. The molecule has 1 atom stereocenters. The molecule has 166 valence electrons. The van der Waals surface area contributed by atoms with Crippen molar-refractivity contribution >= 4 is 17.0 Å². The van der Waals surface area contributed by atoms with Crippen LogP contribution in [0.1, 0.15) is 28.9 Å². The van der Waals surface area contributed by atoms with E-state index in [1.54, 1.807) is 6.92 Å². The molecule has 1 aromatic carbocycles. The number of halogens is 4. The highest BCUT2D eigenvalue weighted by atomic mass is 19.4. The molecule has 0 aliphatic heterocycles. The molecule has 0 spiro atoms. The van der Waals surface area contributed by atoms with Gasteiger partial charge in [-0.15, -0.1) is 13.2 Å². The van der Waals surface area contributed by atoms with Crippen molar-refractivity contribution in [2.75, 3.05) is 0 Å². The summed E-state index contributed by atoms with van der Waals surface area (Å²) in [5, 5.41) is 16.9. The number of carboxylic acids is 1. The number of H-pyrrole nitrogens is 1. The van der Waals surface area contributed by atoms with Crippen LogP contribution in [0.2, 0.25) is 0 Å². The molecule has 0 bridgehead atoms.